The van der Waals surface area contributed by atoms with Gasteiger partial charge in [0.25, 0.3) is 0 Å². The summed E-state index contributed by atoms with van der Waals surface area (Å²) in [6, 6.07) is 27.6. The van der Waals surface area contributed by atoms with Crippen LogP contribution in [0, 0.1) is 47.3 Å². The number of nitrogens with zero attached hydrogens (tertiary/aromatic N) is 11. The van der Waals surface area contributed by atoms with E-state index in [0.29, 0.717) is 80.4 Å². The number of aryl methyl sites for hydroxylation is 6. The molecule has 3 aliphatic carbocycles. The van der Waals surface area contributed by atoms with Gasteiger partial charge in [0.15, 0.2) is 0 Å². The Balaban J connectivity index is 0.000000135. The summed E-state index contributed by atoms with van der Waals surface area (Å²) >= 11 is 26.4. The maximum absolute atomic E-state index is 13.1. The van der Waals surface area contributed by atoms with E-state index in [1.165, 1.54) is 106 Å². The molecule has 0 spiro atoms. The molecule has 3 unspecified atom stereocenters. The van der Waals surface area contributed by atoms with Crippen LogP contribution in [0.2, 0.25) is 15.1 Å². The Kier molecular flexibility index (Phi) is 27.1. The zero-order chi connectivity index (χ0) is 78.4. The number of urea groups is 3. The van der Waals surface area contributed by atoms with Crippen LogP contribution < -0.4 is 17.2 Å². The van der Waals surface area contributed by atoms with Crippen LogP contribution in [0.5, 0.6) is 0 Å². The molecule has 8 saturated heterocycles. The number of nitrogens with two attached hydrogens (primary N) is 3. The third-order valence-corrected chi connectivity index (χ3v) is 29.6. The number of hydrogen-bond acceptors (Lipinski definition) is 11. The minimum atomic E-state index is -0.346. The number of carbonyl (C=O) groups excluding carboxylic acids is 5. The van der Waals surface area contributed by atoms with Crippen LogP contribution in [-0.4, -0.2) is 189 Å². The van der Waals surface area contributed by atoms with Crippen LogP contribution in [0.4, 0.5) is 14.4 Å². The summed E-state index contributed by atoms with van der Waals surface area (Å²) in [5.41, 5.74) is 32.0. The smallest absolute Gasteiger partial charge is 0.314 e. The zero-order valence-electron chi connectivity index (χ0n) is 65.5. The van der Waals surface area contributed by atoms with Crippen molar-refractivity contribution in [3.8, 4) is 0 Å². The standard InChI is InChI=1S/C32H41BrClN5O2.C32H42ClN5O2.C25H30BrClN4O/c33-26-18-25-2-1-24-19-27(34)3-4-28(24)31(30(25)36-20-26)38-15-9-23(10-16-38)22-7-13-37(14-8-22)29(40)17-21-5-11-39(12-6-21)32(35)41;33-27-5-6-28-26(21-27)4-3-25-2-1-13-35-30(25)31(28)37-18-11-24(12-19-37)23-9-16-36(17-10-23)29(39)20-22-7-14-38(15-8-22)32(34)40;26-20-13-19-2-1-18-14-21(27)3-4-22(18)24(23(19)29-15-20)30-9-5-16(6-10-30)17-7-11-31(12-8-17)25(28)32/h3-4,18-23,31H,1-2,5-17H2,(H2,35,41);1-2,5-6,13,21-24,31H,3-4,7-12,14-20H2,(H2,34,40);3-4,13-17,24H,1-2,5-12H2,(H2,28,32). The summed E-state index contributed by atoms with van der Waals surface area (Å²) < 4.78 is 2.08. The molecular weight excluding hydrogens is 1610 g/mol. The molecule has 113 heavy (non-hydrogen) atoms. The summed E-state index contributed by atoms with van der Waals surface area (Å²) in [6.07, 6.45) is 30.3. The number of rotatable bonds is 10. The highest BCUT2D eigenvalue weighted by Crippen LogP contribution is 2.46. The lowest BCUT2D eigenvalue weighted by Gasteiger charge is -2.43. The lowest BCUT2D eigenvalue weighted by Crippen LogP contribution is -2.45. The van der Waals surface area contributed by atoms with Gasteiger partial charge in [-0.05, 0) is 364 Å². The average molecular weight is 1730 g/mol. The molecule has 3 aromatic heterocycles. The number of carbonyl (C=O) groups is 5. The predicted molar refractivity (Wildman–Crippen MR) is 453 cm³/mol. The van der Waals surface area contributed by atoms with Gasteiger partial charge in [0.1, 0.15) is 0 Å². The predicted octanol–water partition coefficient (Wildman–Crippen LogP) is 16.1. The number of halogens is 5. The molecule has 3 atom stereocenters. The minimum absolute atomic E-state index is 0.170. The van der Waals surface area contributed by atoms with Crippen LogP contribution in [-0.2, 0) is 48.1 Å². The van der Waals surface area contributed by atoms with Gasteiger partial charge in [0, 0.05) is 121 Å². The molecule has 0 saturated carbocycles. The molecule has 19 nitrogen and oxygen atoms in total. The van der Waals surface area contributed by atoms with E-state index in [-0.39, 0.29) is 36.2 Å². The molecule has 0 bridgehead atoms. The second-order valence-corrected chi connectivity index (χ2v) is 37.5. The van der Waals surface area contributed by atoms with E-state index in [0.717, 1.165) is 223 Å². The average Bonchev–Trinajstić information content (AvgIpc) is 1.58. The number of piperidine rings is 8. The molecule has 8 fully saturated rings. The van der Waals surface area contributed by atoms with Crippen molar-refractivity contribution in [3.63, 3.8) is 0 Å². The van der Waals surface area contributed by atoms with E-state index in [4.69, 9.17) is 67.0 Å². The van der Waals surface area contributed by atoms with Gasteiger partial charge >= 0.3 is 18.1 Å². The Morgan fingerprint density at radius 2 is 0.611 bits per heavy atom. The fourth-order valence-electron chi connectivity index (χ4n) is 21.6. The quantitative estimate of drug-likeness (QED) is 0.117. The van der Waals surface area contributed by atoms with Gasteiger partial charge in [-0.3, -0.25) is 39.2 Å². The molecule has 604 valence electrons. The Labute approximate surface area is 699 Å². The molecule has 6 aromatic rings. The lowest BCUT2D eigenvalue weighted by atomic mass is 9.78. The van der Waals surface area contributed by atoms with E-state index in [2.05, 4.69) is 117 Å². The van der Waals surface area contributed by atoms with Crippen molar-refractivity contribution in [1.29, 1.82) is 0 Å². The Hall–Kier alpha value is -6.43. The van der Waals surface area contributed by atoms with Crippen LogP contribution in [0.1, 0.15) is 201 Å². The van der Waals surface area contributed by atoms with Crippen molar-refractivity contribution in [2.45, 2.75) is 172 Å². The number of amides is 8. The van der Waals surface area contributed by atoms with Crippen molar-refractivity contribution < 1.29 is 24.0 Å². The number of benzene rings is 3. The first kappa shape index (κ1) is 81.7. The number of aromatic nitrogens is 3. The second kappa shape index (κ2) is 37.5. The van der Waals surface area contributed by atoms with Gasteiger partial charge in [0.2, 0.25) is 11.8 Å². The number of primary amides is 3. The van der Waals surface area contributed by atoms with Gasteiger partial charge in [-0.1, -0.05) is 59.1 Å². The third kappa shape index (κ3) is 19.6. The topological polar surface area (TPSA) is 228 Å². The van der Waals surface area contributed by atoms with E-state index in [9.17, 15) is 24.0 Å². The summed E-state index contributed by atoms with van der Waals surface area (Å²) in [5, 5.41) is 2.43. The van der Waals surface area contributed by atoms with Gasteiger partial charge in [-0.15, -0.1) is 0 Å². The largest absolute Gasteiger partial charge is 0.351 e. The first-order valence-corrected chi connectivity index (χ1v) is 45.0. The summed E-state index contributed by atoms with van der Waals surface area (Å²) in [4.78, 5) is 92.4. The van der Waals surface area contributed by atoms with Gasteiger partial charge in [0.05, 0.1) is 35.2 Å². The molecule has 8 aliphatic heterocycles. The second-order valence-electron chi connectivity index (χ2n) is 34.3. The Bertz CT molecular complexity index is 4240. The van der Waals surface area contributed by atoms with Gasteiger partial charge in [-0.25, -0.2) is 14.4 Å². The lowest BCUT2D eigenvalue weighted by molar-refractivity contribution is -0.135. The third-order valence-electron chi connectivity index (χ3n) is 28.1. The maximum Gasteiger partial charge on any atom is 0.314 e. The molecule has 24 heteroatoms. The van der Waals surface area contributed by atoms with Crippen LogP contribution in [0.15, 0.2) is 106 Å². The Morgan fingerprint density at radius 1 is 0.336 bits per heavy atom. The van der Waals surface area contributed by atoms with Crippen LogP contribution >= 0.6 is 66.7 Å². The normalized spacial score (nSPS) is 23.1. The van der Waals surface area contributed by atoms with Crippen molar-refractivity contribution in [2.24, 2.45) is 64.5 Å². The molecule has 17 rings (SSSR count). The summed E-state index contributed by atoms with van der Waals surface area (Å²) in [5.74, 6) is 5.60. The number of hydrogen-bond donors (Lipinski definition) is 3. The fraction of sp³-hybridized carbons (Fsp3) is 0.573. The maximum atomic E-state index is 13.1. The van der Waals surface area contributed by atoms with Crippen LogP contribution in [0.3, 0.4) is 0 Å². The molecular formula is C89H113Br2Cl3N14O5. The molecule has 0 radical (unpaired) electrons. The number of fused-ring (bicyclic) bond motifs is 6. The van der Waals surface area contributed by atoms with Crippen molar-refractivity contribution in [2.75, 3.05) is 105 Å². The van der Waals surface area contributed by atoms with Crippen molar-refractivity contribution in [1.82, 2.24) is 54.2 Å². The molecule has 11 heterocycles. The first-order valence-electron chi connectivity index (χ1n) is 42.3. The minimum Gasteiger partial charge on any atom is -0.351 e. The van der Waals surface area contributed by atoms with Crippen LogP contribution in [0.25, 0.3) is 0 Å². The Morgan fingerprint density at radius 3 is 0.929 bits per heavy atom. The monoisotopic (exact) mass is 1720 g/mol. The van der Waals surface area contributed by atoms with E-state index in [1.807, 2.05) is 36.8 Å². The van der Waals surface area contributed by atoms with Gasteiger partial charge < -0.3 is 41.7 Å². The summed E-state index contributed by atoms with van der Waals surface area (Å²) in [6.45, 7) is 14.3. The molecule has 3 aromatic carbocycles. The summed E-state index contributed by atoms with van der Waals surface area (Å²) in [7, 11) is 0. The highest BCUT2D eigenvalue weighted by atomic mass is 79.9. The van der Waals surface area contributed by atoms with Gasteiger partial charge in [-0.2, -0.15) is 0 Å². The SMILES string of the molecule is NC(=O)N1CCC(C2CCN(C3c4ccc(Cl)cc4CCc4cc(Br)cnc43)CC2)CC1.NC(=O)N1CCC(CC(=O)N2CCC(C3CCN(C4c5ccc(Cl)cc5CCc5cc(Br)cnc54)CC3)CC2)CC1.NC(=O)N1CCC(CC(=O)N2CCC(C3CCN(C4c5ccc(Cl)cc5CCc5cccnc54)CC3)CC2)CC1. The van der Waals surface area contributed by atoms with Crippen molar-refractivity contribution in [3.05, 3.63) is 189 Å². The van der Waals surface area contributed by atoms with E-state index in [1.54, 1.807) is 14.7 Å². The fourth-order valence-corrected chi connectivity index (χ4v) is 22.9. The highest BCUT2D eigenvalue weighted by molar-refractivity contribution is 9.10. The first-order chi connectivity index (χ1) is 54.8. The highest BCUT2D eigenvalue weighted by Gasteiger charge is 2.42. The number of pyridine rings is 3. The molecule has 8 amide bonds. The molecule has 11 aliphatic rings. The number of likely N-dealkylation sites (tertiary alicyclic amines) is 8. The van der Waals surface area contributed by atoms with Crippen molar-refractivity contribution >= 4 is 96.6 Å². The van der Waals surface area contributed by atoms with E-state index >= 15 is 0 Å². The molecule has 6 N–H and O–H groups in total. The van der Waals surface area contributed by atoms with E-state index < -0.39 is 0 Å². The zero-order valence-corrected chi connectivity index (χ0v) is 70.9.